The molecular weight excluding hydrogens is 254 g/mol. The second kappa shape index (κ2) is 4.86. The van der Waals surface area contributed by atoms with Crippen LogP contribution in [0.25, 0.3) is 0 Å². The molecule has 2 aliphatic rings. The highest BCUT2D eigenvalue weighted by molar-refractivity contribution is 9.09. The van der Waals surface area contributed by atoms with Gasteiger partial charge in [0.1, 0.15) is 0 Å². The molecule has 4 unspecified atom stereocenters. The minimum Gasteiger partial charge on any atom is -0.356 e. The fourth-order valence-electron chi connectivity index (χ4n) is 2.47. The number of carbonyl (C=O) groups excluding carboxylic acids is 1. The molecule has 0 bridgehead atoms. The first-order valence-corrected chi connectivity index (χ1v) is 7.00. The van der Waals surface area contributed by atoms with Crippen molar-refractivity contribution in [1.29, 1.82) is 0 Å². The Morgan fingerprint density at radius 2 is 2.13 bits per heavy atom. The molecule has 15 heavy (non-hydrogen) atoms. The van der Waals surface area contributed by atoms with Crippen molar-refractivity contribution in [3.63, 3.8) is 0 Å². The second-order valence-corrected chi connectivity index (χ2v) is 6.49. The van der Waals surface area contributed by atoms with Crippen molar-refractivity contribution in [2.75, 3.05) is 6.54 Å². The van der Waals surface area contributed by atoms with Crippen LogP contribution in [-0.4, -0.2) is 17.3 Å². The van der Waals surface area contributed by atoms with Crippen LogP contribution in [0.15, 0.2) is 0 Å². The third-order valence-electron chi connectivity index (χ3n) is 3.73. The van der Waals surface area contributed by atoms with E-state index in [-0.39, 0.29) is 0 Å². The summed E-state index contributed by atoms with van der Waals surface area (Å²) in [5.74, 6) is 1.94. The van der Waals surface area contributed by atoms with E-state index in [9.17, 15) is 4.79 Å². The monoisotopic (exact) mass is 273 g/mol. The van der Waals surface area contributed by atoms with Gasteiger partial charge in [0.15, 0.2) is 0 Å². The van der Waals surface area contributed by atoms with Crippen molar-refractivity contribution in [3.05, 3.63) is 0 Å². The summed E-state index contributed by atoms with van der Waals surface area (Å²) >= 11 is 3.67. The van der Waals surface area contributed by atoms with Crippen LogP contribution < -0.4 is 5.32 Å². The van der Waals surface area contributed by atoms with Gasteiger partial charge in [-0.1, -0.05) is 29.3 Å². The van der Waals surface area contributed by atoms with Gasteiger partial charge in [-0.3, -0.25) is 4.79 Å². The van der Waals surface area contributed by atoms with Gasteiger partial charge in [-0.25, -0.2) is 0 Å². The lowest BCUT2D eigenvalue weighted by Crippen LogP contribution is -2.33. The zero-order valence-electron chi connectivity index (χ0n) is 9.34. The number of hydrogen-bond acceptors (Lipinski definition) is 1. The zero-order valence-corrected chi connectivity index (χ0v) is 10.9. The third kappa shape index (κ3) is 3.20. The lowest BCUT2D eigenvalue weighted by Gasteiger charge is -2.25. The average Bonchev–Trinajstić information content (AvgIpc) is 2.92. The van der Waals surface area contributed by atoms with Crippen LogP contribution in [0.2, 0.25) is 0 Å². The second-order valence-electron chi connectivity index (χ2n) is 5.19. The fraction of sp³-hybridized carbons (Fsp3) is 0.917. The summed E-state index contributed by atoms with van der Waals surface area (Å²) in [6, 6.07) is 0. The average molecular weight is 274 g/mol. The molecular formula is C12H20BrNO. The molecule has 0 spiro atoms. The van der Waals surface area contributed by atoms with Crippen LogP contribution in [0.5, 0.6) is 0 Å². The molecule has 0 heterocycles. The molecule has 0 aromatic carbocycles. The number of nitrogens with one attached hydrogen (secondary N) is 1. The van der Waals surface area contributed by atoms with E-state index in [2.05, 4.69) is 28.2 Å². The molecule has 0 aliphatic heterocycles. The lowest BCUT2D eigenvalue weighted by atomic mass is 9.89. The summed E-state index contributed by atoms with van der Waals surface area (Å²) in [6.45, 7) is 3.05. The Bertz CT molecular complexity index is 244. The maximum atomic E-state index is 11.6. The minimum atomic E-state index is 0.291. The Kier molecular flexibility index (Phi) is 3.70. The van der Waals surface area contributed by atoms with Gasteiger partial charge in [0.25, 0.3) is 0 Å². The first-order chi connectivity index (χ1) is 7.16. The largest absolute Gasteiger partial charge is 0.356 e. The van der Waals surface area contributed by atoms with Gasteiger partial charge in [-0.2, -0.15) is 0 Å². The van der Waals surface area contributed by atoms with Crippen molar-refractivity contribution in [3.8, 4) is 0 Å². The molecule has 0 radical (unpaired) electrons. The Morgan fingerprint density at radius 3 is 2.73 bits per heavy atom. The number of hydrogen-bond donors (Lipinski definition) is 1. The molecule has 0 aromatic heterocycles. The van der Waals surface area contributed by atoms with Gasteiger partial charge in [0.05, 0.1) is 0 Å². The minimum absolute atomic E-state index is 0.291. The smallest absolute Gasteiger partial charge is 0.223 e. The molecule has 3 heteroatoms. The molecule has 2 fully saturated rings. The van der Waals surface area contributed by atoms with Crippen LogP contribution in [0.1, 0.15) is 39.0 Å². The predicted octanol–water partition coefficient (Wildman–Crippen LogP) is 2.71. The van der Waals surface area contributed by atoms with Gasteiger partial charge in [0, 0.05) is 17.3 Å². The normalized spacial score (nSPS) is 39.9. The summed E-state index contributed by atoms with van der Waals surface area (Å²) in [7, 11) is 0. The van der Waals surface area contributed by atoms with Gasteiger partial charge in [-0.15, -0.1) is 0 Å². The van der Waals surface area contributed by atoms with Crippen LogP contribution >= 0.6 is 15.9 Å². The standard InChI is InChI=1S/C12H20BrNO/c1-8-5-11(8)12(15)14-7-9-3-2-4-10(13)6-9/h8-11H,2-7H2,1H3,(H,14,15). The molecule has 86 valence electrons. The highest BCUT2D eigenvalue weighted by atomic mass is 79.9. The number of halogens is 1. The molecule has 2 nitrogen and oxygen atoms in total. The van der Waals surface area contributed by atoms with Gasteiger partial charge in [-0.05, 0) is 37.5 Å². The van der Waals surface area contributed by atoms with E-state index < -0.39 is 0 Å². The van der Waals surface area contributed by atoms with Crippen molar-refractivity contribution in [1.82, 2.24) is 5.32 Å². The highest BCUT2D eigenvalue weighted by Crippen LogP contribution is 2.37. The van der Waals surface area contributed by atoms with E-state index in [1.165, 1.54) is 25.7 Å². The molecule has 0 aromatic rings. The highest BCUT2D eigenvalue weighted by Gasteiger charge is 2.39. The molecule has 2 saturated carbocycles. The van der Waals surface area contributed by atoms with E-state index in [1.807, 2.05) is 0 Å². The Hall–Kier alpha value is -0.0500. The summed E-state index contributed by atoms with van der Waals surface area (Å²) in [4.78, 5) is 12.3. The molecule has 0 saturated heterocycles. The summed E-state index contributed by atoms with van der Waals surface area (Å²) in [6.07, 6.45) is 6.20. The molecule has 1 amide bonds. The number of rotatable bonds is 3. The fourth-order valence-corrected chi connectivity index (χ4v) is 3.33. The SMILES string of the molecule is CC1CC1C(=O)NCC1CCCC(Br)C1. The summed E-state index contributed by atoms with van der Waals surface area (Å²) < 4.78 is 0. The van der Waals surface area contributed by atoms with E-state index >= 15 is 0 Å². The van der Waals surface area contributed by atoms with E-state index in [0.717, 1.165) is 13.0 Å². The van der Waals surface area contributed by atoms with Crippen LogP contribution in [0, 0.1) is 17.8 Å². The van der Waals surface area contributed by atoms with Gasteiger partial charge < -0.3 is 5.32 Å². The Morgan fingerprint density at radius 1 is 1.40 bits per heavy atom. The van der Waals surface area contributed by atoms with Crippen molar-refractivity contribution >= 4 is 21.8 Å². The summed E-state index contributed by atoms with van der Waals surface area (Å²) in [5.41, 5.74) is 0. The van der Waals surface area contributed by atoms with Crippen LogP contribution in [0.3, 0.4) is 0 Å². The lowest BCUT2D eigenvalue weighted by molar-refractivity contribution is -0.122. The maximum Gasteiger partial charge on any atom is 0.223 e. The van der Waals surface area contributed by atoms with Gasteiger partial charge >= 0.3 is 0 Å². The summed E-state index contributed by atoms with van der Waals surface area (Å²) in [5, 5.41) is 3.11. The number of alkyl halides is 1. The third-order valence-corrected chi connectivity index (χ3v) is 4.56. The molecule has 2 aliphatic carbocycles. The van der Waals surface area contributed by atoms with Gasteiger partial charge in [0.2, 0.25) is 5.91 Å². The van der Waals surface area contributed by atoms with Crippen molar-refractivity contribution in [2.24, 2.45) is 17.8 Å². The van der Waals surface area contributed by atoms with Crippen LogP contribution in [-0.2, 0) is 4.79 Å². The van der Waals surface area contributed by atoms with Crippen molar-refractivity contribution in [2.45, 2.75) is 43.9 Å². The first kappa shape index (κ1) is 11.4. The Balaban J connectivity index is 1.66. The van der Waals surface area contributed by atoms with E-state index in [0.29, 0.717) is 28.5 Å². The van der Waals surface area contributed by atoms with Crippen molar-refractivity contribution < 1.29 is 4.79 Å². The maximum absolute atomic E-state index is 11.6. The quantitative estimate of drug-likeness (QED) is 0.788. The Labute approximate surface area is 100 Å². The molecule has 4 atom stereocenters. The van der Waals surface area contributed by atoms with E-state index in [1.54, 1.807) is 0 Å². The topological polar surface area (TPSA) is 29.1 Å². The predicted molar refractivity (Wildman–Crippen MR) is 65.0 cm³/mol. The zero-order chi connectivity index (χ0) is 10.8. The number of amides is 1. The number of carbonyl (C=O) groups is 1. The molecule has 1 N–H and O–H groups in total. The molecule has 2 rings (SSSR count). The van der Waals surface area contributed by atoms with Crippen LogP contribution in [0.4, 0.5) is 0 Å². The van der Waals surface area contributed by atoms with E-state index in [4.69, 9.17) is 0 Å². The first-order valence-electron chi connectivity index (χ1n) is 6.08.